The van der Waals surface area contributed by atoms with Crippen molar-refractivity contribution in [3.8, 4) is 28.0 Å². The number of carbonyl (C=O) groups is 3. The number of hydrogen-bond donors (Lipinski definition) is 2. The molecule has 0 aliphatic rings. The van der Waals surface area contributed by atoms with E-state index in [-0.39, 0.29) is 36.4 Å². The van der Waals surface area contributed by atoms with Crippen LogP contribution in [0, 0.1) is 5.82 Å². The number of nitrogens with zero attached hydrogens (tertiary/aromatic N) is 1. The van der Waals surface area contributed by atoms with Crippen LogP contribution in [0.4, 0.5) is 17.6 Å². The number of aliphatic hydroxyl groups excluding tert-OH is 1. The van der Waals surface area contributed by atoms with Crippen LogP contribution in [0.1, 0.15) is 60.0 Å². The van der Waals surface area contributed by atoms with Gasteiger partial charge in [-0.15, -0.1) is 0 Å². The summed E-state index contributed by atoms with van der Waals surface area (Å²) >= 11 is 0. The molecule has 3 aromatic carbocycles. The topological polar surface area (TPSA) is 107 Å². The number of aliphatic hydroxyl groups is 1. The van der Waals surface area contributed by atoms with Gasteiger partial charge in [-0.25, -0.2) is 4.39 Å². The van der Waals surface area contributed by atoms with Gasteiger partial charge in [-0.05, 0) is 67.0 Å². The minimum Gasteiger partial charge on any atom is -0.496 e. The van der Waals surface area contributed by atoms with Gasteiger partial charge in [0, 0.05) is 30.1 Å². The maximum atomic E-state index is 14.2. The van der Waals surface area contributed by atoms with E-state index in [1.807, 2.05) is 13.8 Å². The average molecular weight is 681 g/mol. The molecule has 4 aromatic rings. The molecule has 12 heteroatoms. The van der Waals surface area contributed by atoms with Gasteiger partial charge in [-0.3, -0.25) is 14.4 Å². The molecule has 0 bridgehead atoms. The number of aromatic nitrogens is 1. The van der Waals surface area contributed by atoms with Crippen LogP contribution in [0.3, 0.4) is 0 Å². The summed E-state index contributed by atoms with van der Waals surface area (Å²) in [5.41, 5.74) is 1.84. The molecule has 49 heavy (non-hydrogen) atoms. The number of nitrogens with one attached hydrogen (secondary N) is 1. The molecular formula is C37H36F4N2O6. The quantitative estimate of drug-likeness (QED) is 0.0867. The molecule has 1 heterocycles. The lowest BCUT2D eigenvalue weighted by molar-refractivity contribution is -0.143. The molecule has 8 nitrogen and oxygen atoms in total. The predicted molar refractivity (Wildman–Crippen MR) is 176 cm³/mol. The third kappa shape index (κ3) is 8.82. The van der Waals surface area contributed by atoms with Crippen molar-refractivity contribution in [3.05, 3.63) is 107 Å². The third-order valence-electron chi connectivity index (χ3n) is 7.69. The first-order chi connectivity index (χ1) is 23.2. The first-order valence-electron chi connectivity index (χ1n) is 15.3. The summed E-state index contributed by atoms with van der Waals surface area (Å²) in [5, 5.41) is 13.0. The van der Waals surface area contributed by atoms with Gasteiger partial charge in [0.15, 0.2) is 5.78 Å². The van der Waals surface area contributed by atoms with Crippen LogP contribution in [0.25, 0.3) is 28.3 Å². The van der Waals surface area contributed by atoms with Gasteiger partial charge >= 0.3 is 12.1 Å². The molecule has 2 N–H and O–H groups in total. The molecule has 0 aliphatic heterocycles. The Labute approximate surface area is 281 Å². The number of hydrogen-bond acceptors (Lipinski definition) is 6. The molecular weight excluding hydrogens is 644 g/mol. The van der Waals surface area contributed by atoms with Gasteiger partial charge in [-0.1, -0.05) is 48.5 Å². The van der Waals surface area contributed by atoms with E-state index in [4.69, 9.17) is 4.74 Å². The van der Waals surface area contributed by atoms with Crippen molar-refractivity contribution in [1.29, 1.82) is 0 Å². The van der Waals surface area contributed by atoms with Crippen molar-refractivity contribution in [2.24, 2.45) is 0 Å². The fraction of sp³-hybridized carbons (Fsp3) is 0.270. The summed E-state index contributed by atoms with van der Waals surface area (Å²) < 4.78 is 66.4. The van der Waals surface area contributed by atoms with Crippen LogP contribution < -0.4 is 10.1 Å². The minimum atomic E-state index is -4.68. The number of benzene rings is 3. The molecule has 1 amide bonds. The molecule has 258 valence electrons. The van der Waals surface area contributed by atoms with Crippen molar-refractivity contribution in [1.82, 2.24) is 9.88 Å². The van der Waals surface area contributed by atoms with Crippen molar-refractivity contribution in [2.45, 2.75) is 51.6 Å². The highest BCUT2D eigenvalue weighted by molar-refractivity contribution is 6.07. The Hall–Kier alpha value is -5.23. The zero-order valence-corrected chi connectivity index (χ0v) is 27.3. The highest BCUT2D eigenvalue weighted by Crippen LogP contribution is 2.43. The number of ether oxygens (including phenoxy) is 2. The van der Waals surface area contributed by atoms with Crippen molar-refractivity contribution >= 4 is 23.7 Å². The Bertz CT molecular complexity index is 1830. The number of halogens is 4. The molecule has 0 aliphatic carbocycles. The zero-order valence-electron chi connectivity index (χ0n) is 27.3. The van der Waals surface area contributed by atoms with Crippen molar-refractivity contribution in [2.75, 3.05) is 14.2 Å². The van der Waals surface area contributed by atoms with E-state index in [1.54, 1.807) is 47.0 Å². The van der Waals surface area contributed by atoms with E-state index in [1.165, 1.54) is 43.5 Å². The number of ketones is 1. The Kier molecular flexibility index (Phi) is 11.8. The van der Waals surface area contributed by atoms with E-state index >= 15 is 0 Å². The highest BCUT2D eigenvalue weighted by atomic mass is 19.4. The van der Waals surface area contributed by atoms with Crippen molar-refractivity contribution in [3.63, 3.8) is 0 Å². The van der Waals surface area contributed by atoms with Gasteiger partial charge in [0.05, 0.1) is 38.0 Å². The fourth-order valence-electron chi connectivity index (χ4n) is 5.50. The van der Waals surface area contributed by atoms with Crippen LogP contribution >= 0.6 is 0 Å². The lowest BCUT2D eigenvalue weighted by Gasteiger charge is -2.17. The number of alkyl halides is 3. The standard InChI is InChI=1S/C37H36F4N2O6/c1-22(2)43-30(16-15-27(44)19-28(45)20-32(46)49-4)33(25-11-13-26(38)14-12-25)34(24-8-6-5-7-9-24)35(43)36(47)42-21-23-10-17-31(48-3)29(18-23)37(39,40)41/h5-18,22,28,45H,19-21H2,1-4H3,(H,42,47)/b16-15+/t28-/m1/s1. The SMILES string of the molecule is COC(=O)C[C@H](O)CC(=O)/C=C/c1c(-c2ccc(F)cc2)c(-c2ccccc2)c(C(=O)NCc2ccc(OC)c(C(F)(F)F)c2)n1C(C)C. The largest absolute Gasteiger partial charge is 0.496 e. The van der Waals surface area contributed by atoms with Crippen molar-refractivity contribution < 1.29 is 46.5 Å². The lowest BCUT2D eigenvalue weighted by atomic mass is 9.94. The average Bonchev–Trinajstić information content (AvgIpc) is 3.41. The number of esters is 1. The Balaban J connectivity index is 1.88. The number of methoxy groups -OCH3 is 2. The molecule has 1 atom stereocenters. The first-order valence-corrected chi connectivity index (χ1v) is 15.3. The summed E-state index contributed by atoms with van der Waals surface area (Å²) in [6.45, 7) is 3.38. The second-order valence-electron chi connectivity index (χ2n) is 11.5. The second kappa shape index (κ2) is 15.8. The number of rotatable bonds is 13. The summed E-state index contributed by atoms with van der Waals surface area (Å²) in [4.78, 5) is 38.7. The summed E-state index contributed by atoms with van der Waals surface area (Å²) in [5.74, 6) is -2.64. The van der Waals surface area contributed by atoms with E-state index in [9.17, 15) is 37.1 Å². The van der Waals surface area contributed by atoms with Gasteiger partial charge in [0.25, 0.3) is 5.91 Å². The fourth-order valence-corrected chi connectivity index (χ4v) is 5.50. The molecule has 0 unspecified atom stereocenters. The first kappa shape index (κ1) is 36.6. The molecule has 0 saturated heterocycles. The van der Waals surface area contributed by atoms with Gasteiger partial charge in [0.2, 0.25) is 0 Å². The van der Waals surface area contributed by atoms with E-state index in [2.05, 4.69) is 10.1 Å². The number of carbonyl (C=O) groups excluding carboxylic acids is 3. The third-order valence-corrected chi connectivity index (χ3v) is 7.69. The second-order valence-corrected chi connectivity index (χ2v) is 11.5. The monoisotopic (exact) mass is 680 g/mol. The molecule has 0 radical (unpaired) electrons. The Morgan fingerprint density at radius 1 is 0.918 bits per heavy atom. The molecule has 1 aromatic heterocycles. The summed E-state index contributed by atoms with van der Waals surface area (Å²) in [6, 6.07) is 17.6. The lowest BCUT2D eigenvalue weighted by Crippen LogP contribution is -2.27. The normalized spacial score (nSPS) is 12.3. The maximum Gasteiger partial charge on any atom is 0.419 e. The number of allylic oxidation sites excluding steroid dienone is 1. The van der Waals surface area contributed by atoms with Gasteiger partial charge < -0.3 is 24.5 Å². The summed E-state index contributed by atoms with van der Waals surface area (Å²) in [6.07, 6.45) is -3.99. The van der Waals surface area contributed by atoms with Gasteiger partial charge in [0.1, 0.15) is 17.3 Å². The summed E-state index contributed by atoms with van der Waals surface area (Å²) in [7, 11) is 2.31. The van der Waals surface area contributed by atoms with E-state index in [0.29, 0.717) is 27.9 Å². The number of amides is 1. The zero-order chi connectivity index (χ0) is 35.9. The van der Waals surface area contributed by atoms with Crippen LogP contribution in [-0.4, -0.2) is 47.7 Å². The van der Waals surface area contributed by atoms with Crippen LogP contribution in [0.15, 0.2) is 78.9 Å². The molecule has 0 fully saturated rings. The smallest absolute Gasteiger partial charge is 0.419 e. The van der Waals surface area contributed by atoms with Crippen LogP contribution in [0.5, 0.6) is 5.75 Å². The molecule has 0 spiro atoms. The predicted octanol–water partition coefficient (Wildman–Crippen LogP) is 7.40. The van der Waals surface area contributed by atoms with Crippen LogP contribution in [-0.2, 0) is 27.0 Å². The molecule has 0 saturated carbocycles. The Morgan fingerprint density at radius 3 is 2.16 bits per heavy atom. The maximum absolute atomic E-state index is 14.2. The van der Waals surface area contributed by atoms with E-state index < -0.39 is 47.4 Å². The molecule has 4 rings (SSSR count). The van der Waals surface area contributed by atoms with E-state index in [0.717, 1.165) is 13.2 Å². The highest BCUT2D eigenvalue weighted by Gasteiger charge is 2.35. The Morgan fingerprint density at radius 2 is 1.57 bits per heavy atom. The van der Waals surface area contributed by atoms with Crippen LogP contribution in [0.2, 0.25) is 0 Å². The van der Waals surface area contributed by atoms with Gasteiger partial charge in [-0.2, -0.15) is 13.2 Å². The minimum absolute atomic E-state index is 0.155.